The lowest BCUT2D eigenvalue weighted by atomic mass is 10.1. The van der Waals surface area contributed by atoms with Crippen LogP contribution in [-0.2, 0) is 4.74 Å². The average Bonchev–Trinajstić information content (AvgIpc) is 2.13. The Morgan fingerprint density at radius 3 is 2.56 bits per heavy atom. The molecule has 0 spiro atoms. The van der Waals surface area contributed by atoms with E-state index in [1.807, 2.05) is 6.92 Å². The molecule has 4 nitrogen and oxygen atoms in total. The van der Waals surface area contributed by atoms with E-state index in [1.165, 1.54) is 0 Å². The Morgan fingerprint density at radius 1 is 1.44 bits per heavy atom. The fourth-order valence-electron chi connectivity index (χ4n) is 1.45. The normalized spacial score (nSPS) is 13.0. The highest BCUT2D eigenvalue weighted by Crippen LogP contribution is 2.25. The lowest BCUT2D eigenvalue weighted by Crippen LogP contribution is -2.27. The fraction of sp³-hybridized carbons (Fsp3) is 0.462. The van der Waals surface area contributed by atoms with Gasteiger partial charge in [0.2, 0.25) is 0 Å². The number of anilines is 1. The molecule has 0 saturated carbocycles. The molecular weight excluding hydrogens is 252 g/mol. The monoisotopic (exact) mass is 270 g/mol. The van der Waals surface area contributed by atoms with Gasteiger partial charge in [-0.15, -0.1) is 0 Å². The van der Waals surface area contributed by atoms with E-state index in [0.29, 0.717) is 10.7 Å². The van der Waals surface area contributed by atoms with E-state index < -0.39 is 11.7 Å². The van der Waals surface area contributed by atoms with E-state index in [4.69, 9.17) is 22.1 Å². The largest absolute Gasteiger partial charge is 0.444 e. The zero-order chi connectivity index (χ0) is 13.9. The Morgan fingerprint density at radius 2 is 2.06 bits per heavy atom. The highest BCUT2D eigenvalue weighted by atomic mass is 35.5. The Kier molecular flexibility index (Phi) is 4.59. The van der Waals surface area contributed by atoms with Gasteiger partial charge in [-0.2, -0.15) is 0 Å². The standard InChI is InChI=1S/C13H19ClN2O2/c1-8(15)10-6-5-9(14)7-11(10)16-12(17)18-13(2,3)4/h5-8H,15H2,1-4H3,(H,16,17). The van der Waals surface area contributed by atoms with E-state index in [2.05, 4.69) is 5.32 Å². The maximum absolute atomic E-state index is 11.7. The van der Waals surface area contributed by atoms with Crippen LogP contribution < -0.4 is 11.1 Å². The van der Waals surface area contributed by atoms with Crippen LogP contribution in [0.1, 0.15) is 39.3 Å². The van der Waals surface area contributed by atoms with Crippen molar-refractivity contribution in [3.05, 3.63) is 28.8 Å². The van der Waals surface area contributed by atoms with Crippen LogP contribution in [-0.4, -0.2) is 11.7 Å². The molecule has 0 aromatic heterocycles. The first-order valence-electron chi connectivity index (χ1n) is 5.74. The van der Waals surface area contributed by atoms with Crippen LogP contribution in [0.2, 0.25) is 5.02 Å². The van der Waals surface area contributed by atoms with Gasteiger partial charge in [-0.25, -0.2) is 4.79 Å². The van der Waals surface area contributed by atoms with Crippen molar-refractivity contribution in [2.75, 3.05) is 5.32 Å². The van der Waals surface area contributed by atoms with Gasteiger partial charge in [0, 0.05) is 11.1 Å². The van der Waals surface area contributed by atoms with E-state index in [1.54, 1.807) is 39.0 Å². The Hall–Kier alpha value is -1.26. The second-order valence-corrected chi connectivity index (χ2v) is 5.58. The Bertz CT molecular complexity index is 439. The lowest BCUT2D eigenvalue weighted by Gasteiger charge is -2.21. The molecule has 1 unspecified atom stereocenters. The third-order valence-electron chi connectivity index (χ3n) is 2.14. The molecule has 0 radical (unpaired) electrons. The molecule has 0 aliphatic heterocycles. The summed E-state index contributed by atoms with van der Waals surface area (Å²) in [7, 11) is 0. The van der Waals surface area contributed by atoms with Crippen LogP contribution in [0.5, 0.6) is 0 Å². The number of hydrogen-bond donors (Lipinski definition) is 2. The number of benzene rings is 1. The van der Waals surface area contributed by atoms with E-state index >= 15 is 0 Å². The van der Waals surface area contributed by atoms with Crippen molar-refractivity contribution in [3.63, 3.8) is 0 Å². The maximum atomic E-state index is 11.7. The van der Waals surface area contributed by atoms with Crippen molar-refractivity contribution in [2.45, 2.75) is 39.3 Å². The molecule has 1 atom stereocenters. The van der Waals surface area contributed by atoms with Gasteiger partial charge in [-0.05, 0) is 45.4 Å². The first-order chi connectivity index (χ1) is 8.19. The zero-order valence-electron chi connectivity index (χ0n) is 11.1. The molecule has 18 heavy (non-hydrogen) atoms. The van der Waals surface area contributed by atoms with Crippen LogP contribution in [0, 0.1) is 0 Å². The maximum Gasteiger partial charge on any atom is 0.412 e. The second-order valence-electron chi connectivity index (χ2n) is 5.15. The first-order valence-corrected chi connectivity index (χ1v) is 6.12. The van der Waals surface area contributed by atoms with Gasteiger partial charge in [-0.1, -0.05) is 17.7 Å². The van der Waals surface area contributed by atoms with Gasteiger partial charge in [-0.3, -0.25) is 5.32 Å². The summed E-state index contributed by atoms with van der Waals surface area (Å²) in [4.78, 5) is 11.7. The van der Waals surface area contributed by atoms with Crippen molar-refractivity contribution < 1.29 is 9.53 Å². The minimum Gasteiger partial charge on any atom is -0.444 e. The van der Waals surface area contributed by atoms with Crippen molar-refractivity contribution in [3.8, 4) is 0 Å². The third-order valence-corrected chi connectivity index (χ3v) is 2.38. The summed E-state index contributed by atoms with van der Waals surface area (Å²) < 4.78 is 5.18. The molecular formula is C13H19ClN2O2. The molecule has 0 bridgehead atoms. The topological polar surface area (TPSA) is 64.3 Å². The van der Waals surface area contributed by atoms with Crippen LogP contribution in [0.15, 0.2) is 18.2 Å². The molecule has 5 heteroatoms. The van der Waals surface area contributed by atoms with Gasteiger partial charge in [0.05, 0.1) is 5.69 Å². The first kappa shape index (κ1) is 14.8. The summed E-state index contributed by atoms with van der Waals surface area (Å²) >= 11 is 5.91. The van der Waals surface area contributed by atoms with Crippen molar-refractivity contribution in [1.82, 2.24) is 0 Å². The van der Waals surface area contributed by atoms with Crippen LogP contribution in [0.3, 0.4) is 0 Å². The smallest absolute Gasteiger partial charge is 0.412 e. The number of ether oxygens (including phenoxy) is 1. The summed E-state index contributed by atoms with van der Waals surface area (Å²) in [6, 6.07) is 4.98. The van der Waals surface area contributed by atoms with Crippen LogP contribution >= 0.6 is 11.6 Å². The molecule has 1 rings (SSSR count). The molecule has 100 valence electrons. The van der Waals surface area contributed by atoms with E-state index in [9.17, 15) is 4.79 Å². The Labute approximate surface area is 112 Å². The zero-order valence-corrected chi connectivity index (χ0v) is 11.8. The molecule has 0 fully saturated rings. The third kappa shape index (κ3) is 4.55. The summed E-state index contributed by atoms with van der Waals surface area (Å²) in [6.07, 6.45) is -0.522. The average molecular weight is 271 g/mol. The molecule has 3 N–H and O–H groups in total. The number of carbonyl (C=O) groups is 1. The minimum atomic E-state index is -0.544. The summed E-state index contributed by atoms with van der Waals surface area (Å²) in [5, 5.41) is 3.20. The number of nitrogens with two attached hydrogens (primary N) is 1. The van der Waals surface area contributed by atoms with Gasteiger partial charge in [0.1, 0.15) is 5.60 Å². The molecule has 1 aromatic carbocycles. The highest BCUT2D eigenvalue weighted by Gasteiger charge is 2.18. The van der Waals surface area contributed by atoms with Crippen LogP contribution in [0.25, 0.3) is 0 Å². The predicted octanol–water partition coefficient (Wildman–Crippen LogP) is 3.71. The SMILES string of the molecule is CC(N)c1ccc(Cl)cc1NC(=O)OC(C)(C)C. The van der Waals surface area contributed by atoms with Gasteiger partial charge < -0.3 is 10.5 Å². The summed E-state index contributed by atoms with van der Waals surface area (Å²) in [6.45, 7) is 7.24. The quantitative estimate of drug-likeness (QED) is 0.861. The van der Waals surface area contributed by atoms with E-state index in [-0.39, 0.29) is 6.04 Å². The number of amides is 1. The van der Waals surface area contributed by atoms with Gasteiger partial charge in [0.25, 0.3) is 0 Å². The second kappa shape index (κ2) is 5.59. The number of halogens is 1. The predicted molar refractivity (Wildman–Crippen MR) is 73.9 cm³/mol. The number of carbonyl (C=O) groups excluding carboxylic acids is 1. The number of hydrogen-bond acceptors (Lipinski definition) is 3. The minimum absolute atomic E-state index is 0.202. The molecule has 1 aromatic rings. The molecule has 0 heterocycles. The molecule has 0 saturated heterocycles. The highest BCUT2D eigenvalue weighted by molar-refractivity contribution is 6.31. The lowest BCUT2D eigenvalue weighted by molar-refractivity contribution is 0.0636. The van der Waals surface area contributed by atoms with Gasteiger partial charge >= 0.3 is 6.09 Å². The van der Waals surface area contributed by atoms with Crippen molar-refractivity contribution in [1.29, 1.82) is 0 Å². The number of rotatable bonds is 2. The summed E-state index contributed by atoms with van der Waals surface area (Å²) in [5.41, 5.74) is 6.67. The van der Waals surface area contributed by atoms with E-state index in [0.717, 1.165) is 5.56 Å². The Balaban J connectivity index is 2.89. The van der Waals surface area contributed by atoms with Gasteiger partial charge in [0.15, 0.2) is 0 Å². The molecule has 1 amide bonds. The summed E-state index contributed by atoms with van der Waals surface area (Å²) in [5.74, 6) is 0. The molecule has 0 aliphatic carbocycles. The molecule has 0 aliphatic rings. The fourth-order valence-corrected chi connectivity index (χ4v) is 1.62. The van der Waals surface area contributed by atoms with Crippen molar-refractivity contribution in [2.24, 2.45) is 5.73 Å². The number of nitrogens with one attached hydrogen (secondary N) is 1. The van der Waals surface area contributed by atoms with Crippen molar-refractivity contribution >= 4 is 23.4 Å². The van der Waals surface area contributed by atoms with Crippen LogP contribution in [0.4, 0.5) is 10.5 Å².